The van der Waals surface area contributed by atoms with Gasteiger partial charge in [0.1, 0.15) is 31.0 Å². The zero-order valence-electron chi connectivity index (χ0n) is 41.5. The number of hydrogen-bond donors (Lipinski definition) is 3. The standard InChI is InChI=1S/C52H56N4O18/c1-27(2)43(55-51(63)68-26-41-39-14-10-8-12-37(39)38-13-9-11-15-40(38)41)49(61)53-28(3)48(60)54-34-18-16-33(25-69-52(64)73-36-21-19-35(20-22-36)56(65)66)32(24-34)17-23-42-44(70-29(4)57)45(71-30(5)58)46(72-31(6)59)47(74-42)50(62)67-7/h8-16,18-22,24,27-28,41-47H,17,23,25-26H2,1-7H3,(H,53,61)(H,54,60)(H,55,63)/t28?,42-,43?,44-,45+,46-,47-/m0/s1. The molecule has 1 heterocycles. The number of fused-ring (bicyclic) bond motifs is 3. The number of carbonyl (C=O) groups excluding carboxylic acids is 8. The van der Waals surface area contributed by atoms with Gasteiger partial charge >= 0.3 is 36.1 Å². The molecule has 1 aliphatic carbocycles. The summed E-state index contributed by atoms with van der Waals surface area (Å²) in [6, 6.07) is 22.7. The van der Waals surface area contributed by atoms with Gasteiger partial charge in [0.15, 0.2) is 24.4 Å². The largest absolute Gasteiger partial charge is 0.514 e. The first-order valence-corrected chi connectivity index (χ1v) is 23.4. The summed E-state index contributed by atoms with van der Waals surface area (Å²) in [4.78, 5) is 114. The summed E-state index contributed by atoms with van der Waals surface area (Å²) in [5, 5.41) is 19.1. The van der Waals surface area contributed by atoms with E-state index < -0.39 is 108 Å². The van der Waals surface area contributed by atoms with Crippen molar-refractivity contribution >= 4 is 59.3 Å². The predicted molar refractivity (Wildman–Crippen MR) is 259 cm³/mol. The van der Waals surface area contributed by atoms with Crippen LogP contribution in [0.15, 0.2) is 91.0 Å². The van der Waals surface area contributed by atoms with Crippen LogP contribution in [0.1, 0.15) is 76.1 Å². The molecule has 3 N–H and O–H groups in total. The van der Waals surface area contributed by atoms with E-state index in [1.165, 1.54) is 37.3 Å². The highest BCUT2D eigenvalue weighted by Crippen LogP contribution is 2.44. The highest BCUT2D eigenvalue weighted by Gasteiger charge is 2.54. The molecule has 2 unspecified atom stereocenters. The Hall–Kier alpha value is -8.40. The molecule has 74 heavy (non-hydrogen) atoms. The summed E-state index contributed by atoms with van der Waals surface area (Å²) >= 11 is 0. The van der Waals surface area contributed by atoms with Crippen molar-refractivity contribution in [2.24, 2.45) is 5.92 Å². The molecule has 0 bridgehead atoms. The third-order valence-electron chi connectivity index (χ3n) is 12.1. The van der Waals surface area contributed by atoms with Crippen LogP contribution >= 0.6 is 0 Å². The van der Waals surface area contributed by atoms with Crippen LogP contribution in [0.4, 0.5) is 21.0 Å². The maximum atomic E-state index is 13.7. The van der Waals surface area contributed by atoms with Crippen molar-refractivity contribution in [3.8, 4) is 16.9 Å². The minimum atomic E-state index is -1.66. The van der Waals surface area contributed by atoms with E-state index in [1.807, 2.05) is 48.5 Å². The van der Waals surface area contributed by atoms with Crippen molar-refractivity contribution in [1.29, 1.82) is 0 Å². The van der Waals surface area contributed by atoms with Gasteiger partial charge in [-0.2, -0.15) is 0 Å². The normalized spacial score (nSPS) is 18.5. The lowest BCUT2D eigenvalue weighted by molar-refractivity contribution is -0.384. The Balaban J connectivity index is 1.17. The molecule has 6 rings (SSSR count). The lowest BCUT2D eigenvalue weighted by Gasteiger charge is -2.43. The summed E-state index contributed by atoms with van der Waals surface area (Å²) in [6.07, 6.45) is -9.65. The molecule has 22 heteroatoms. The van der Waals surface area contributed by atoms with Crippen molar-refractivity contribution < 1.29 is 81.2 Å². The fourth-order valence-corrected chi connectivity index (χ4v) is 8.63. The highest BCUT2D eigenvalue weighted by molar-refractivity contribution is 5.98. The Morgan fingerprint density at radius 1 is 0.703 bits per heavy atom. The van der Waals surface area contributed by atoms with E-state index in [2.05, 4.69) is 16.0 Å². The van der Waals surface area contributed by atoms with Gasteiger partial charge in [-0.15, -0.1) is 0 Å². The predicted octanol–water partition coefficient (Wildman–Crippen LogP) is 5.99. The maximum absolute atomic E-state index is 13.7. The number of benzene rings is 4. The molecule has 4 aromatic carbocycles. The van der Waals surface area contributed by atoms with Crippen molar-refractivity contribution in [2.45, 2.75) is 110 Å². The number of amides is 3. The molecule has 0 aromatic heterocycles. The van der Waals surface area contributed by atoms with Crippen LogP contribution in [0.25, 0.3) is 11.1 Å². The first kappa shape index (κ1) is 54.9. The SMILES string of the molecule is COC(=O)[C@H]1O[C@@H](CCc2cc(NC(=O)C(C)NC(=O)C(NC(=O)OCC3c4ccccc4-c4ccccc43)C(C)C)ccc2COC(=O)Oc2ccc([N+](=O)[O-])cc2)[C@H](OC(C)=O)[C@@H](OC(C)=O)[C@@H]1OC(C)=O. The number of nitro benzene ring substituents is 1. The molecule has 1 aliphatic heterocycles. The second kappa shape index (κ2) is 24.8. The third-order valence-corrected chi connectivity index (χ3v) is 12.1. The van der Waals surface area contributed by atoms with Crippen LogP contribution in [0.3, 0.4) is 0 Å². The fourth-order valence-electron chi connectivity index (χ4n) is 8.63. The van der Waals surface area contributed by atoms with Gasteiger partial charge in [0.05, 0.1) is 18.1 Å². The van der Waals surface area contributed by atoms with Gasteiger partial charge in [-0.1, -0.05) is 68.4 Å². The molecule has 1 saturated heterocycles. The van der Waals surface area contributed by atoms with Gasteiger partial charge < -0.3 is 53.8 Å². The Bertz CT molecular complexity index is 2720. The summed E-state index contributed by atoms with van der Waals surface area (Å²) in [6.45, 7) is 7.66. The van der Waals surface area contributed by atoms with Crippen molar-refractivity contribution in [3.63, 3.8) is 0 Å². The molecule has 392 valence electrons. The molecule has 3 amide bonds. The van der Waals surface area contributed by atoms with Crippen LogP contribution < -0.4 is 20.7 Å². The lowest BCUT2D eigenvalue weighted by Crippen LogP contribution is -2.63. The minimum absolute atomic E-state index is 0.0179. The average molecular weight is 1030 g/mol. The number of hydrogen-bond acceptors (Lipinski definition) is 18. The summed E-state index contributed by atoms with van der Waals surface area (Å²) in [5.74, 6) is -5.60. The number of anilines is 1. The number of alkyl carbamates (subject to hydrolysis) is 1. The van der Waals surface area contributed by atoms with E-state index in [0.29, 0.717) is 11.1 Å². The molecule has 0 spiro atoms. The number of nitrogens with zero attached hydrogens (tertiary/aromatic N) is 1. The van der Waals surface area contributed by atoms with Gasteiger partial charge in [0, 0.05) is 44.5 Å². The number of aryl methyl sites for hydroxylation is 1. The highest BCUT2D eigenvalue weighted by atomic mass is 16.7. The van der Waals surface area contributed by atoms with E-state index in [1.54, 1.807) is 13.8 Å². The van der Waals surface area contributed by atoms with Gasteiger partial charge in [-0.3, -0.25) is 34.1 Å². The number of nitro groups is 1. The van der Waals surface area contributed by atoms with Gasteiger partial charge in [-0.25, -0.2) is 14.4 Å². The van der Waals surface area contributed by atoms with E-state index >= 15 is 0 Å². The van der Waals surface area contributed by atoms with Crippen molar-refractivity contribution in [3.05, 3.63) is 123 Å². The molecule has 4 aromatic rings. The van der Waals surface area contributed by atoms with Gasteiger partial charge in [0.25, 0.3) is 5.69 Å². The van der Waals surface area contributed by atoms with Gasteiger partial charge in [0.2, 0.25) is 11.8 Å². The Labute approximate surface area is 424 Å². The topological polar surface area (TPSA) is 290 Å². The quantitative estimate of drug-likeness (QED) is 0.0320. The first-order valence-electron chi connectivity index (χ1n) is 23.4. The second-order valence-corrected chi connectivity index (χ2v) is 17.7. The third kappa shape index (κ3) is 14.0. The van der Waals surface area contributed by atoms with Crippen molar-refractivity contribution in [2.75, 3.05) is 19.0 Å². The molecule has 0 saturated carbocycles. The van der Waals surface area contributed by atoms with E-state index in [0.717, 1.165) is 62.3 Å². The Kier molecular flexibility index (Phi) is 18.4. The second-order valence-electron chi connectivity index (χ2n) is 17.7. The molecule has 0 radical (unpaired) electrons. The molecular weight excluding hydrogens is 969 g/mol. The smallest absolute Gasteiger partial charge is 0.467 e. The number of methoxy groups -OCH3 is 1. The number of nitrogens with one attached hydrogen (secondary N) is 3. The maximum Gasteiger partial charge on any atom is 0.514 e. The molecule has 1 fully saturated rings. The average Bonchev–Trinajstić information content (AvgIpc) is 3.67. The van der Waals surface area contributed by atoms with E-state index in [9.17, 15) is 48.5 Å². The van der Waals surface area contributed by atoms with Crippen LogP contribution in [0.5, 0.6) is 5.75 Å². The van der Waals surface area contributed by atoms with Crippen LogP contribution in [0.2, 0.25) is 0 Å². The zero-order chi connectivity index (χ0) is 53.8. The number of carbonyl (C=O) groups is 8. The summed E-state index contributed by atoms with van der Waals surface area (Å²) < 4.78 is 43.7. The Morgan fingerprint density at radius 3 is 1.88 bits per heavy atom. The molecule has 2 aliphatic rings. The van der Waals surface area contributed by atoms with Crippen LogP contribution in [0, 0.1) is 16.0 Å². The zero-order valence-corrected chi connectivity index (χ0v) is 41.5. The van der Waals surface area contributed by atoms with Crippen LogP contribution in [-0.4, -0.2) is 109 Å². The summed E-state index contributed by atoms with van der Waals surface area (Å²) in [7, 11) is 1.06. The van der Waals surface area contributed by atoms with E-state index in [4.69, 9.17) is 37.9 Å². The molecule has 22 nitrogen and oxygen atoms in total. The lowest BCUT2D eigenvalue weighted by atomic mass is 9.90. The van der Waals surface area contributed by atoms with Crippen LogP contribution in [-0.2, 0) is 75.0 Å². The first-order chi connectivity index (χ1) is 35.2. The number of esters is 4. The number of non-ortho nitro benzene ring substituents is 1. The monoisotopic (exact) mass is 1020 g/mol. The summed E-state index contributed by atoms with van der Waals surface area (Å²) in [5.41, 5.74) is 4.83. The molecule has 7 atom stereocenters. The number of ether oxygens (including phenoxy) is 8. The number of rotatable bonds is 19. The Morgan fingerprint density at radius 2 is 1.30 bits per heavy atom. The fraction of sp³-hybridized carbons (Fsp3) is 0.385. The van der Waals surface area contributed by atoms with Crippen molar-refractivity contribution in [1.82, 2.24) is 10.6 Å². The van der Waals surface area contributed by atoms with Gasteiger partial charge in [-0.05, 0) is 83.3 Å². The minimum Gasteiger partial charge on any atom is -0.467 e. The molecular formula is C52H56N4O18. The van der Waals surface area contributed by atoms with E-state index in [-0.39, 0.29) is 42.5 Å².